The van der Waals surface area contributed by atoms with Gasteiger partial charge in [0.1, 0.15) is 11.6 Å². The minimum absolute atomic E-state index is 0.0592. The Bertz CT molecular complexity index is 615. The van der Waals surface area contributed by atoms with Gasteiger partial charge in [-0.15, -0.1) is 0 Å². The van der Waals surface area contributed by atoms with E-state index in [4.69, 9.17) is 4.74 Å². The van der Waals surface area contributed by atoms with Crippen molar-refractivity contribution in [2.45, 2.75) is 19.3 Å². The lowest BCUT2D eigenvalue weighted by Crippen LogP contribution is -2.09. The van der Waals surface area contributed by atoms with E-state index in [-0.39, 0.29) is 11.6 Å². The number of H-pyrrole nitrogens is 1. The Morgan fingerprint density at radius 1 is 1.35 bits per heavy atom. The van der Waals surface area contributed by atoms with Gasteiger partial charge >= 0.3 is 0 Å². The van der Waals surface area contributed by atoms with Crippen molar-refractivity contribution in [3.8, 4) is 5.75 Å². The second-order valence-corrected chi connectivity index (χ2v) is 4.25. The number of fused-ring (bicyclic) bond motifs is 3. The normalized spacial score (nSPS) is 15.1. The highest BCUT2D eigenvalue weighted by Gasteiger charge is 2.25. The lowest BCUT2D eigenvalue weighted by Gasteiger charge is -2.10. The molecule has 3 rings (SSSR count). The van der Waals surface area contributed by atoms with Crippen LogP contribution in [0.4, 0.5) is 4.39 Å². The Morgan fingerprint density at radius 3 is 2.94 bits per heavy atom. The third kappa shape index (κ3) is 1.37. The van der Waals surface area contributed by atoms with Crippen LogP contribution in [0.2, 0.25) is 0 Å². The topological polar surface area (TPSA) is 42.1 Å². The molecule has 17 heavy (non-hydrogen) atoms. The average Bonchev–Trinajstić information content (AvgIpc) is 2.72. The van der Waals surface area contributed by atoms with Crippen molar-refractivity contribution in [1.29, 1.82) is 0 Å². The zero-order valence-corrected chi connectivity index (χ0v) is 9.47. The van der Waals surface area contributed by atoms with Gasteiger partial charge in [0.25, 0.3) is 0 Å². The quantitative estimate of drug-likeness (QED) is 0.822. The molecule has 0 spiro atoms. The number of aromatic nitrogens is 1. The number of benzene rings is 1. The van der Waals surface area contributed by atoms with Gasteiger partial charge in [-0.25, -0.2) is 4.39 Å². The maximum Gasteiger partial charge on any atom is 0.179 e. The molecule has 3 nitrogen and oxygen atoms in total. The summed E-state index contributed by atoms with van der Waals surface area (Å²) in [4.78, 5) is 14.7. The minimum Gasteiger partial charge on any atom is -0.496 e. The van der Waals surface area contributed by atoms with Gasteiger partial charge in [-0.3, -0.25) is 4.79 Å². The zero-order valence-electron chi connectivity index (χ0n) is 9.47. The van der Waals surface area contributed by atoms with Crippen LogP contribution in [0.15, 0.2) is 12.1 Å². The van der Waals surface area contributed by atoms with E-state index in [1.54, 1.807) is 13.2 Å². The van der Waals surface area contributed by atoms with E-state index in [1.165, 1.54) is 6.07 Å². The number of Topliss-reactive ketones (excluding diaryl/α,β-unsaturated/α-hetero) is 1. The van der Waals surface area contributed by atoms with Crippen molar-refractivity contribution in [2.24, 2.45) is 0 Å². The molecule has 0 saturated heterocycles. The summed E-state index contributed by atoms with van der Waals surface area (Å²) in [7, 11) is 1.55. The van der Waals surface area contributed by atoms with Crippen LogP contribution in [0, 0.1) is 5.82 Å². The molecule has 1 aromatic carbocycles. The molecule has 0 saturated carbocycles. The van der Waals surface area contributed by atoms with Crippen molar-refractivity contribution in [2.75, 3.05) is 7.11 Å². The van der Waals surface area contributed by atoms with Crippen molar-refractivity contribution in [1.82, 2.24) is 4.98 Å². The van der Waals surface area contributed by atoms with Crippen LogP contribution in [-0.4, -0.2) is 17.9 Å². The Labute approximate surface area is 97.6 Å². The number of hydrogen-bond donors (Lipinski definition) is 1. The van der Waals surface area contributed by atoms with Crippen LogP contribution >= 0.6 is 0 Å². The molecule has 0 radical (unpaired) electrons. The largest absolute Gasteiger partial charge is 0.496 e. The van der Waals surface area contributed by atoms with Crippen LogP contribution < -0.4 is 4.74 Å². The molecule has 1 heterocycles. The van der Waals surface area contributed by atoms with E-state index in [0.29, 0.717) is 23.4 Å². The second-order valence-electron chi connectivity index (χ2n) is 4.25. The SMILES string of the molecule is COc1ccc(F)c2[nH]c3c(c12)CCCC3=O. The lowest BCUT2D eigenvalue weighted by atomic mass is 9.94. The highest BCUT2D eigenvalue weighted by Crippen LogP contribution is 2.36. The number of nitrogens with one attached hydrogen (secondary N) is 1. The lowest BCUT2D eigenvalue weighted by molar-refractivity contribution is 0.0968. The number of carbonyl (C=O) groups is 1. The predicted molar refractivity (Wildman–Crippen MR) is 62.1 cm³/mol. The fraction of sp³-hybridized carbons (Fsp3) is 0.308. The first-order valence-corrected chi connectivity index (χ1v) is 5.62. The van der Waals surface area contributed by atoms with Crippen molar-refractivity contribution >= 4 is 16.7 Å². The molecule has 2 aromatic rings. The van der Waals surface area contributed by atoms with Crippen LogP contribution in [0.5, 0.6) is 5.75 Å². The number of aromatic amines is 1. The van der Waals surface area contributed by atoms with E-state index in [9.17, 15) is 9.18 Å². The molecule has 1 aliphatic carbocycles. The molecule has 1 aliphatic rings. The third-order valence-electron chi connectivity index (χ3n) is 3.30. The van der Waals surface area contributed by atoms with Crippen LogP contribution in [0.3, 0.4) is 0 Å². The smallest absolute Gasteiger partial charge is 0.179 e. The summed E-state index contributed by atoms with van der Waals surface area (Å²) in [5.74, 6) is 0.334. The number of halogens is 1. The van der Waals surface area contributed by atoms with Gasteiger partial charge in [-0.2, -0.15) is 0 Å². The Morgan fingerprint density at radius 2 is 2.18 bits per heavy atom. The number of methoxy groups -OCH3 is 1. The Hall–Kier alpha value is -1.84. The van der Waals surface area contributed by atoms with Gasteiger partial charge in [0.05, 0.1) is 18.3 Å². The number of ether oxygens (including phenoxy) is 1. The fourth-order valence-electron chi connectivity index (χ4n) is 2.51. The summed E-state index contributed by atoms with van der Waals surface area (Å²) < 4.78 is 19.0. The summed E-state index contributed by atoms with van der Waals surface area (Å²) in [6, 6.07) is 2.96. The number of ketones is 1. The Balaban J connectivity index is 2.41. The molecule has 0 aliphatic heterocycles. The zero-order chi connectivity index (χ0) is 12.0. The summed E-state index contributed by atoms with van der Waals surface area (Å²) >= 11 is 0. The summed E-state index contributed by atoms with van der Waals surface area (Å²) in [5, 5.41) is 0.718. The van der Waals surface area contributed by atoms with Gasteiger partial charge in [-0.05, 0) is 30.5 Å². The number of aryl methyl sites for hydroxylation is 1. The maximum absolute atomic E-state index is 13.7. The molecule has 4 heteroatoms. The highest BCUT2D eigenvalue weighted by molar-refractivity contribution is 6.05. The van der Waals surface area contributed by atoms with Gasteiger partial charge in [0.15, 0.2) is 5.78 Å². The summed E-state index contributed by atoms with van der Waals surface area (Å²) in [5.41, 5.74) is 1.83. The molecule has 1 N–H and O–H groups in total. The van der Waals surface area contributed by atoms with Gasteiger partial charge < -0.3 is 9.72 Å². The van der Waals surface area contributed by atoms with Crippen LogP contribution in [0.25, 0.3) is 10.9 Å². The fourth-order valence-corrected chi connectivity index (χ4v) is 2.51. The van der Waals surface area contributed by atoms with Crippen molar-refractivity contribution in [3.63, 3.8) is 0 Å². The van der Waals surface area contributed by atoms with Crippen molar-refractivity contribution < 1.29 is 13.9 Å². The Kier molecular flexibility index (Phi) is 2.18. The number of hydrogen-bond acceptors (Lipinski definition) is 2. The predicted octanol–water partition coefficient (Wildman–Crippen LogP) is 2.83. The minimum atomic E-state index is -0.344. The van der Waals surface area contributed by atoms with Crippen LogP contribution in [-0.2, 0) is 6.42 Å². The maximum atomic E-state index is 13.7. The first-order chi connectivity index (χ1) is 8.22. The molecular weight excluding hydrogens is 221 g/mol. The molecule has 0 unspecified atom stereocenters. The molecule has 0 amide bonds. The van der Waals surface area contributed by atoms with Gasteiger partial charge in [0, 0.05) is 11.8 Å². The average molecular weight is 233 g/mol. The van der Waals surface area contributed by atoms with E-state index in [1.807, 2.05) is 0 Å². The molecule has 0 bridgehead atoms. The van der Waals surface area contributed by atoms with Crippen molar-refractivity contribution in [3.05, 3.63) is 29.2 Å². The molecule has 1 aromatic heterocycles. The second kappa shape index (κ2) is 3.58. The first kappa shape index (κ1) is 10.3. The van der Waals surface area contributed by atoms with Gasteiger partial charge in [0.2, 0.25) is 0 Å². The molecular formula is C13H12FNO2. The van der Waals surface area contributed by atoms with Crippen LogP contribution in [0.1, 0.15) is 28.9 Å². The number of carbonyl (C=O) groups excluding carboxylic acids is 1. The standard InChI is InChI=1S/C13H12FNO2/c1-17-10-6-5-8(14)13-11(10)7-3-2-4-9(16)12(7)15-13/h5-6,15H,2-4H2,1H3. The molecule has 0 atom stereocenters. The highest BCUT2D eigenvalue weighted by atomic mass is 19.1. The van der Waals surface area contributed by atoms with Gasteiger partial charge in [-0.1, -0.05) is 0 Å². The van der Waals surface area contributed by atoms with E-state index < -0.39 is 0 Å². The molecule has 0 fully saturated rings. The van der Waals surface area contributed by atoms with E-state index >= 15 is 0 Å². The summed E-state index contributed by atoms with van der Waals surface area (Å²) in [6.45, 7) is 0. The monoisotopic (exact) mass is 233 g/mol. The van der Waals surface area contributed by atoms with E-state index in [0.717, 1.165) is 23.8 Å². The summed E-state index contributed by atoms with van der Waals surface area (Å²) in [6.07, 6.45) is 2.14. The first-order valence-electron chi connectivity index (χ1n) is 5.62. The van der Waals surface area contributed by atoms with E-state index in [2.05, 4.69) is 4.98 Å². The molecule has 88 valence electrons. The third-order valence-corrected chi connectivity index (χ3v) is 3.30. The number of rotatable bonds is 1.